The topological polar surface area (TPSA) is 50.8 Å². The zero-order chi connectivity index (χ0) is 14.7. The molecule has 2 aliphatic heterocycles. The maximum Gasteiger partial charge on any atom is 0.317 e. The van der Waals surface area contributed by atoms with E-state index in [1.807, 2.05) is 11.8 Å². The monoisotopic (exact) mass is 294 g/mol. The molecule has 2 fully saturated rings. The van der Waals surface area contributed by atoms with Crippen LogP contribution >= 0.6 is 0 Å². The number of hydrogen-bond donors (Lipinski definition) is 1. The molecule has 0 aromatic carbocycles. The van der Waals surface area contributed by atoms with Crippen LogP contribution in [0.5, 0.6) is 0 Å². The van der Waals surface area contributed by atoms with E-state index < -0.39 is 5.79 Å². The van der Waals surface area contributed by atoms with Crippen LogP contribution in [-0.2, 0) is 9.47 Å². The van der Waals surface area contributed by atoms with Crippen LogP contribution < -0.4 is 5.32 Å². The number of ether oxygens (including phenoxy) is 2. The lowest BCUT2D eigenvalue weighted by molar-refractivity contribution is -0.189. The minimum Gasteiger partial charge on any atom is -0.347 e. The van der Waals surface area contributed by atoms with Crippen molar-refractivity contribution in [2.75, 3.05) is 26.3 Å². The summed E-state index contributed by atoms with van der Waals surface area (Å²) in [4.78, 5) is 14.4. The zero-order valence-electron chi connectivity index (χ0n) is 12.8. The van der Waals surface area contributed by atoms with E-state index >= 15 is 0 Å². The standard InChI is InChI=1S/C16H26N2O3/c1-16(20-10-11-21-16)13-6-5-9-18(12-13)15(19)17-14-7-3-2-4-8-14/h2-3,13-14H,4-12H2,1H3,(H,17,19)/t13-,14-/m1/s1. The second kappa shape index (κ2) is 6.36. The lowest BCUT2D eigenvalue weighted by Crippen LogP contribution is -2.53. The van der Waals surface area contributed by atoms with Gasteiger partial charge < -0.3 is 19.7 Å². The Morgan fingerprint density at radius 2 is 2.10 bits per heavy atom. The molecule has 1 N–H and O–H groups in total. The second-order valence-corrected chi connectivity index (χ2v) is 6.43. The Morgan fingerprint density at radius 3 is 2.81 bits per heavy atom. The van der Waals surface area contributed by atoms with Gasteiger partial charge in [0.1, 0.15) is 0 Å². The average Bonchev–Trinajstić information content (AvgIpc) is 2.97. The van der Waals surface area contributed by atoms with E-state index in [1.54, 1.807) is 0 Å². The summed E-state index contributed by atoms with van der Waals surface area (Å²) in [5.74, 6) is -0.238. The lowest BCUT2D eigenvalue weighted by Gasteiger charge is -2.40. The number of allylic oxidation sites excluding steroid dienone is 1. The van der Waals surface area contributed by atoms with Crippen LogP contribution in [0.15, 0.2) is 12.2 Å². The molecular formula is C16H26N2O3. The first-order valence-electron chi connectivity index (χ1n) is 8.16. The van der Waals surface area contributed by atoms with E-state index in [1.165, 1.54) is 0 Å². The molecule has 0 aromatic heterocycles. The van der Waals surface area contributed by atoms with Crippen LogP contribution in [0.4, 0.5) is 4.79 Å². The molecule has 3 rings (SSSR count). The van der Waals surface area contributed by atoms with Gasteiger partial charge in [-0.2, -0.15) is 0 Å². The third-order valence-electron chi connectivity index (χ3n) is 4.91. The quantitative estimate of drug-likeness (QED) is 0.795. The fraction of sp³-hybridized carbons (Fsp3) is 0.812. The highest BCUT2D eigenvalue weighted by Crippen LogP contribution is 2.34. The molecule has 0 saturated carbocycles. The molecule has 2 atom stereocenters. The fourth-order valence-electron chi connectivity index (χ4n) is 3.55. The van der Waals surface area contributed by atoms with Gasteiger partial charge in [-0.1, -0.05) is 12.2 Å². The van der Waals surface area contributed by atoms with E-state index in [2.05, 4.69) is 17.5 Å². The molecule has 0 bridgehead atoms. The molecule has 2 amide bonds. The predicted molar refractivity (Wildman–Crippen MR) is 79.9 cm³/mol. The molecule has 1 aliphatic carbocycles. The molecule has 0 unspecified atom stereocenters. The number of piperidine rings is 1. The highest BCUT2D eigenvalue weighted by Gasteiger charge is 2.42. The van der Waals surface area contributed by atoms with E-state index in [0.29, 0.717) is 13.2 Å². The summed E-state index contributed by atoms with van der Waals surface area (Å²) >= 11 is 0. The summed E-state index contributed by atoms with van der Waals surface area (Å²) in [7, 11) is 0. The zero-order valence-corrected chi connectivity index (χ0v) is 12.8. The molecule has 2 heterocycles. The Labute approximate surface area is 126 Å². The van der Waals surface area contributed by atoms with Crippen molar-refractivity contribution < 1.29 is 14.3 Å². The van der Waals surface area contributed by atoms with E-state index in [0.717, 1.165) is 45.2 Å². The molecule has 118 valence electrons. The smallest absolute Gasteiger partial charge is 0.317 e. The summed E-state index contributed by atoms with van der Waals surface area (Å²) in [5, 5.41) is 3.17. The van der Waals surface area contributed by atoms with Crippen molar-refractivity contribution in [2.45, 2.75) is 50.9 Å². The van der Waals surface area contributed by atoms with E-state index in [4.69, 9.17) is 9.47 Å². The Balaban J connectivity index is 1.55. The van der Waals surface area contributed by atoms with Gasteiger partial charge in [0.15, 0.2) is 5.79 Å². The molecular weight excluding hydrogens is 268 g/mol. The first kappa shape index (κ1) is 14.9. The van der Waals surface area contributed by atoms with Gasteiger partial charge in [0.2, 0.25) is 0 Å². The Kier molecular flexibility index (Phi) is 4.50. The normalized spacial score (nSPS) is 32.1. The average molecular weight is 294 g/mol. The first-order chi connectivity index (χ1) is 10.2. The Hall–Kier alpha value is -1.07. The second-order valence-electron chi connectivity index (χ2n) is 6.43. The number of likely N-dealkylation sites (tertiary alicyclic amines) is 1. The van der Waals surface area contributed by atoms with E-state index in [9.17, 15) is 4.79 Å². The number of urea groups is 1. The number of hydrogen-bond acceptors (Lipinski definition) is 3. The molecule has 5 nitrogen and oxygen atoms in total. The predicted octanol–water partition coefficient (Wildman–Crippen LogP) is 2.28. The Bertz CT molecular complexity index is 404. The summed E-state index contributed by atoms with van der Waals surface area (Å²) in [5.41, 5.74) is 0. The van der Waals surface area contributed by atoms with Crippen molar-refractivity contribution in [3.63, 3.8) is 0 Å². The molecule has 0 aromatic rings. The minimum absolute atomic E-state index is 0.0709. The van der Waals surface area contributed by atoms with Crippen LogP contribution in [-0.4, -0.2) is 49.1 Å². The highest BCUT2D eigenvalue weighted by atomic mass is 16.7. The SMILES string of the molecule is CC1([C@@H]2CCCN(C(=O)N[C@@H]3CC=CCC3)C2)OCCO1. The van der Waals surface area contributed by atoms with Crippen LogP contribution in [0.25, 0.3) is 0 Å². The fourth-order valence-corrected chi connectivity index (χ4v) is 3.55. The third-order valence-corrected chi connectivity index (χ3v) is 4.91. The third kappa shape index (κ3) is 3.40. The van der Waals surface area contributed by atoms with Crippen LogP contribution in [0.1, 0.15) is 39.0 Å². The van der Waals surface area contributed by atoms with Gasteiger partial charge in [-0.05, 0) is 39.0 Å². The Morgan fingerprint density at radius 1 is 1.29 bits per heavy atom. The van der Waals surface area contributed by atoms with Gasteiger partial charge in [-0.3, -0.25) is 0 Å². The van der Waals surface area contributed by atoms with Crippen LogP contribution in [0.2, 0.25) is 0 Å². The number of nitrogens with zero attached hydrogens (tertiary/aromatic N) is 1. The van der Waals surface area contributed by atoms with Crippen LogP contribution in [0, 0.1) is 5.92 Å². The van der Waals surface area contributed by atoms with Crippen molar-refractivity contribution in [1.82, 2.24) is 10.2 Å². The molecule has 2 saturated heterocycles. The van der Waals surface area contributed by atoms with Gasteiger partial charge in [0.25, 0.3) is 0 Å². The summed E-state index contributed by atoms with van der Waals surface area (Å²) in [6, 6.07) is 0.360. The molecule has 0 radical (unpaired) electrons. The van der Waals surface area contributed by atoms with Crippen molar-refractivity contribution in [3.05, 3.63) is 12.2 Å². The molecule has 3 aliphatic rings. The van der Waals surface area contributed by atoms with Gasteiger partial charge in [-0.15, -0.1) is 0 Å². The van der Waals surface area contributed by atoms with Gasteiger partial charge in [-0.25, -0.2) is 4.79 Å². The van der Waals surface area contributed by atoms with E-state index in [-0.39, 0.29) is 18.0 Å². The maximum atomic E-state index is 12.4. The summed E-state index contributed by atoms with van der Waals surface area (Å²) < 4.78 is 11.5. The van der Waals surface area contributed by atoms with Crippen LogP contribution in [0.3, 0.4) is 0 Å². The number of carbonyl (C=O) groups excluding carboxylic acids is 1. The first-order valence-corrected chi connectivity index (χ1v) is 8.16. The molecule has 21 heavy (non-hydrogen) atoms. The summed E-state index contributed by atoms with van der Waals surface area (Å²) in [6.07, 6.45) is 9.49. The molecule has 5 heteroatoms. The molecule has 0 spiro atoms. The number of amides is 2. The van der Waals surface area contributed by atoms with Gasteiger partial charge in [0, 0.05) is 25.0 Å². The van der Waals surface area contributed by atoms with Gasteiger partial charge >= 0.3 is 6.03 Å². The van der Waals surface area contributed by atoms with Crippen molar-refractivity contribution >= 4 is 6.03 Å². The lowest BCUT2D eigenvalue weighted by atomic mass is 9.90. The maximum absolute atomic E-state index is 12.4. The number of rotatable bonds is 2. The number of nitrogens with one attached hydrogen (secondary N) is 1. The van der Waals surface area contributed by atoms with Crippen molar-refractivity contribution in [1.29, 1.82) is 0 Å². The largest absolute Gasteiger partial charge is 0.347 e. The van der Waals surface area contributed by atoms with Gasteiger partial charge in [0.05, 0.1) is 13.2 Å². The highest BCUT2D eigenvalue weighted by molar-refractivity contribution is 5.74. The van der Waals surface area contributed by atoms with Crippen molar-refractivity contribution in [3.8, 4) is 0 Å². The minimum atomic E-state index is -0.507. The van der Waals surface area contributed by atoms with Crippen molar-refractivity contribution in [2.24, 2.45) is 5.92 Å². The number of carbonyl (C=O) groups is 1. The summed E-state index contributed by atoms with van der Waals surface area (Å²) in [6.45, 7) is 4.89.